The largest absolute Gasteiger partial charge is 0.416 e. The standard InChI is InChI=1S/C21H18F3N3O/c1-2-27(17-6-4-3-5-7-17)18-12-13-19(25-14-18)20(28)26-16-10-8-15(9-11-16)21(22,23)24/h3-14H,2H2,1H3,(H,26,28). The molecule has 1 N–H and O–H groups in total. The van der Waals surface area contributed by atoms with Crippen LogP contribution in [0.1, 0.15) is 23.0 Å². The molecule has 4 nitrogen and oxygen atoms in total. The van der Waals surface area contributed by atoms with Crippen molar-refractivity contribution in [2.75, 3.05) is 16.8 Å². The van der Waals surface area contributed by atoms with Crippen LogP contribution in [0.4, 0.5) is 30.2 Å². The number of nitrogens with zero attached hydrogens (tertiary/aromatic N) is 2. The smallest absolute Gasteiger partial charge is 0.341 e. The zero-order valence-electron chi connectivity index (χ0n) is 15.1. The number of hydrogen-bond acceptors (Lipinski definition) is 3. The van der Waals surface area contributed by atoms with Gasteiger partial charge in [-0.3, -0.25) is 4.79 Å². The van der Waals surface area contributed by atoms with Gasteiger partial charge in [0.25, 0.3) is 5.91 Å². The molecule has 0 saturated heterocycles. The van der Waals surface area contributed by atoms with E-state index < -0.39 is 17.6 Å². The van der Waals surface area contributed by atoms with Crippen molar-refractivity contribution in [2.45, 2.75) is 13.1 Å². The number of nitrogens with one attached hydrogen (secondary N) is 1. The van der Waals surface area contributed by atoms with Gasteiger partial charge in [0.1, 0.15) is 5.69 Å². The minimum absolute atomic E-state index is 0.174. The molecule has 0 saturated carbocycles. The Hall–Kier alpha value is -3.35. The Morgan fingerprint density at radius 1 is 0.964 bits per heavy atom. The number of hydrogen-bond donors (Lipinski definition) is 1. The van der Waals surface area contributed by atoms with Crippen LogP contribution >= 0.6 is 0 Å². The summed E-state index contributed by atoms with van der Waals surface area (Å²) in [6.07, 6.45) is -2.82. The number of halogens is 3. The molecule has 0 radical (unpaired) electrons. The number of anilines is 3. The van der Waals surface area contributed by atoms with Gasteiger partial charge in [-0.2, -0.15) is 13.2 Å². The van der Waals surface area contributed by atoms with Gasteiger partial charge in [0.05, 0.1) is 17.4 Å². The fourth-order valence-electron chi connectivity index (χ4n) is 2.74. The maximum atomic E-state index is 12.6. The van der Waals surface area contributed by atoms with E-state index in [0.29, 0.717) is 0 Å². The van der Waals surface area contributed by atoms with Gasteiger partial charge in [-0.05, 0) is 55.5 Å². The van der Waals surface area contributed by atoms with Crippen molar-refractivity contribution in [3.8, 4) is 0 Å². The maximum absolute atomic E-state index is 12.6. The van der Waals surface area contributed by atoms with Gasteiger partial charge in [0.2, 0.25) is 0 Å². The normalized spacial score (nSPS) is 11.1. The Kier molecular flexibility index (Phi) is 5.63. The van der Waals surface area contributed by atoms with Crippen molar-refractivity contribution in [3.63, 3.8) is 0 Å². The minimum Gasteiger partial charge on any atom is -0.341 e. The molecule has 0 aliphatic heterocycles. The van der Waals surface area contributed by atoms with Crippen molar-refractivity contribution < 1.29 is 18.0 Å². The molecule has 1 aromatic heterocycles. The topological polar surface area (TPSA) is 45.2 Å². The first-order valence-electron chi connectivity index (χ1n) is 8.65. The predicted molar refractivity (Wildman–Crippen MR) is 103 cm³/mol. The lowest BCUT2D eigenvalue weighted by atomic mass is 10.2. The van der Waals surface area contributed by atoms with Crippen molar-refractivity contribution in [2.24, 2.45) is 0 Å². The summed E-state index contributed by atoms with van der Waals surface area (Å²) in [6, 6.07) is 17.4. The van der Waals surface area contributed by atoms with Crippen LogP contribution < -0.4 is 10.2 Å². The van der Waals surface area contributed by atoms with E-state index in [9.17, 15) is 18.0 Å². The summed E-state index contributed by atoms with van der Waals surface area (Å²) in [6.45, 7) is 2.74. The quantitative estimate of drug-likeness (QED) is 0.630. The molecule has 144 valence electrons. The van der Waals surface area contributed by atoms with Gasteiger partial charge < -0.3 is 10.2 Å². The molecule has 1 amide bonds. The van der Waals surface area contributed by atoms with E-state index in [1.165, 1.54) is 12.1 Å². The summed E-state index contributed by atoms with van der Waals surface area (Å²) in [5.41, 5.74) is 1.51. The molecular formula is C21H18F3N3O. The zero-order chi connectivity index (χ0) is 20.1. The second-order valence-corrected chi connectivity index (χ2v) is 6.01. The van der Waals surface area contributed by atoms with E-state index in [2.05, 4.69) is 10.3 Å². The zero-order valence-corrected chi connectivity index (χ0v) is 15.1. The number of carbonyl (C=O) groups excluding carboxylic acids is 1. The van der Waals surface area contributed by atoms with Crippen LogP contribution in [-0.4, -0.2) is 17.4 Å². The van der Waals surface area contributed by atoms with Gasteiger partial charge in [-0.1, -0.05) is 18.2 Å². The Morgan fingerprint density at radius 3 is 2.18 bits per heavy atom. The summed E-state index contributed by atoms with van der Waals surface area (Å²) in [5, 5.41) is 2.55. The van der Waals surface area contributed by atoms with Gasteiger partial charge >= 0.3 is 6.18 Å². The summed E-state index contributed by atoms with van der Waals surface area (Å²) < 4.78 is 37.8. The summed E-state index contributed by atoms with van der Waals surface area (Å²) >= 11 is 0. The SMILES string of the molecule is CCN(c1ccccc1)c1ccc(C(=O)Nc2ccc(C(F)(F)F)cc2)nc1. The van der Waals surface area contributed by atoms with Crippen LogP contribution in [0.3, 0.4) is 0 Å². The highest BCUT2D eigenvalue weighted by molar-refractivity contribution is 6.03. The van der Waals surface area contributed by atoms with E-state index in [0.717, 1.165) is 30.1 Å². The van der Waals surface area contributed by atoms with Crippen LogP contribution in [0.2, 0.25) is 0 Å². The molecule has 3 rings (SSSR count). The number of aromatic nitrogens is 1. The molecule has 0 atom stereocenters. The lowest BCUT2D eigenvalue weighted by Gasteiger charge is -2.22. The summed E-state index contributed by atoms with van der Waals surface area (Å²) in [7, 11) is 0. The fourth-order valence-corrected chi connectivity index (χ4v) is 2.74. The minimum atomic E-state index is -4.41. The van der Waals surface area contributed by atoms with E-state index in [1.807, 2.05) is 42.2 Å². The van der Waals surface area contributed by atoms with Crippen molar-refractivity contribution >= 4 is 23.0 Å². The van der Waals surface area contributed by atoms with Gasteiger partial charge in [0.15, 0.2) is 0 Å². The number of pyridine rings is 1. The lowest BCUT2D eigenvalue weighted by molar-refractivity contribution is -0.137. The van der Waals surface area contributed by atoms with Crippen LogP contribution in [0.15, 0.2) is 72.9 Å². The summed E-state index contributed by atoms with van der Waals surface area (Å²) in [4.78, 5) is 18.5. The number of amides is 1. The maximum Gasteiger partial charge on any atom is 0.416 e. The van der Waals surface area contributed by atoms with Gasteiger partial charge in [-0.15, -0.1) is 0 Å². The molecule has 0 spiro atoms. The molecule has 0 aliphatic rings. The Labute approximate surface area is 160 Å². The first kappa shape index (κ1) is 19.4. The lowest BCUT2D eigenvalue weighted by Crippen LogP contribution is -2.18. The molecule has 2 aromatic carbocycles. The number of carbonyl (C=O) groups is 1. The molecule has 3 aromatic rings. The van der Waals surface area contributed by atoms with Crippen molar-refractivity contribution in [3.05, 3.63) is 84.2 Å². The molecule has 7 heteroatoms. The van der Waals surface area contributed by atoms with Crippen molar-refractivity contribution in [1.82, 2.24) is 4.98 Å². The molecular weight excluding hydrogens is 367 g/mol. The van der Waals surface area contributed by atoms with Crippen LogP contribution in [0.5, 0.6) is 0 Å². The predicted octanol–water partition coefficient (Wildman–Crippen LogP) is 5.51. The number of para-hydroxylation sites is 1. The average Bonchev–Trinajstić information content (AvgIpc) is 2.69. The van der Waals surface area contributed by atoms with E-state index in [-0.39, 0.29) is 11.4 Å². The van der Waals surface area contributed by atoms with Gasteiger partial charge in [-0.25, -0.2) is 4.98 Å². The Morgan fingerprint density at radius 2 is 1.64 bits per heavy atom. The molecule has 1 heterocycles. The number of benzene rings is 2. The fraction of sp³-hybridized carbons (Fsp3) is 0.143. The molecule has 0 bridgehead atoms. The second kappa shape index (κ2) is 8.12. The van der Waals surface area contributed by atoms with E-state index in [4.69, 9.17) is 0 Å². The highest BCUT2D eigenvalue weighted by Crippen LogP contribution is 2.30. The third-order valence-electron chi connectivity index (χ3n) is 4.15. The molecule has 0 fully saturated rings. The third kappa shape index (κ3) is 4.49. The number of rotatable bonds is 5. The highest BCUT2D eigenvalue weighted by atomic mass is 19.4. The molecule has 28 heavy (non-hydrogen) atoms. The highest BCUT2D eigenvalue weighted by Gasteiger charge is 2.30. The van der Waals surface area contributed by atoms with Crippen molar-refractivity contribution in [1.29, 1.82) is 0 Å². The number of alkyl halides is 3. The Balaban J connectivity index is 1.71. The van der Waals surface area contributed by atoms with E-state index in [1.54, 1.807) is 18.3 Å². The first-order valence-corrected chi connectivity index (χ1v) is 8.65. The monoisotopic (exact) mass is 385 g/mol. The van der Waals surface area contributed by atoms with Crippen LogP contribution in [0.25, 0.3) is 0 Å². The molecule has 0 unspecified atom stereocenters. The van der Waals surface area contributed by atoms with Crippen LogP contribution in [0, 0.1) is 0 Å². The second-order valence-electron chi connectivity index (χ2n) is 6.01. The van der Waals surface area contributed by atoms with Gasteiger partial charge in [0, 0.05) is 17.9 Å². The average molecular weight is 385 g/mol. The first-order chi connectivity index (χ1) is 13.4. The summed E-state index contributed by atoms with van der Waals surface area (Å²) in [5.74, 6) is -0.492. The molecule has 0 aliphatic carbocycles. The van der Waals surface area contributed by atoms with E-state index >= 15 is 0 Å². The third-order valence-corrected chi connectivity index (χ3v) is 4.15. The Bertz CT molecular complexity index is 924. The van der Waals surface area contributed by atoms with Crippen LogP contribution in [-0.2, 0) is 6.18 Å².